The van der Waals surface area contributed by atoms with Gasteiger partial charge in [0.15, 0.2) is 10.8 Å². The van der Waals surface area contributed by atoms with Crippen LogP contribution >= 0.6 is 11.6 Å². The Bertz CT molecular complexity index is 727. The van der Waals surface area contributed by atoms with Crippen LogP contribution in [0.2, 0.25) is 5.15 Å². The molecule has 8 heteroatoms. The zero-order valence-electron chi connectivity index (χ0n) is 11.4. The van der Waals surface area contributed by atoms with Crippen LogP contribution in [0.3, 0.4) is 0 Å². The number of hydrogen-bond acceptors (Lipinski definition) is 6. The number of aromatic nitrogens is 4. The summed E-state index contributed by atoms with van der Waals surface area (Å²) in [6.45, 7) is 1.78. The minimum atomic E-state index is -0.271. The number of allylic oxidation sites excluding steroid dienone is 1. The van der Waals surface area contributed by atoms with Gasteiger partial charge in [-0.2, -0.15) is 9.97 Å². The fraction of sp³-hybridized carbons (Fsp3) is 0.385. The summed E-state index contributed by atoms with van der Waals surface area (Å²) in [6.07, 6.45) is 6.56. The van der Waals surface area contributed by atoms with Crippen LogP contribution < -0.4 is 5.73 Å². The van der Waals surface area contributed by atoms with Gasteiger partial charge in [0.2, 0.25) is 5.95 Å². The van der Waals surface area contributed by atoms with Crippen molar-refractivity contribution < 1.29 is 9.53 Å². The van der Waals surface area contributed by atoms with Crippen LogP contribution in [0.25, 0.3) is 11.2 Å². The molecule has 110 valence electrons. The lowest BCUT2D eigenvalue weighted by molar-refractivity contribution is -0.141. The molecule has 2 aromatic rings. The van der Waals surface area contributed by atoms with Gasteiger partial charge in [0.25, 0.3) is 0 Å². The highest BCUT2D eigenvalue weighted by Gasteiger charge is 2.24. The number of fused-ring (bicyclic) bond motifs is 1. The molecule has 0 radical (unpaired) electrons. The van der Waals surface area contributed by atoms with E-state index in [2.05, 4.69) is 15.0 Å². The van der Waals surface area contributed by atoms with Crippen molar-refractivity contribution in [3.8, 4) is 0 Å². The molecule has 0 amide bonds. The van der Waals surface area contributed by atoms with Crippen LogP contribution in [0.4, 0.5) is 5.95 Å². The third-order valence-corrected chi connectivity index (χ3v) is 3.67. The third-order valence-electron chi connectivity index (χ3n) is 3.41. The lowest BCUT2D eigenvalue weighted by Crippen LogP contribution is -2.11. The molecule has 0 saturated heterocycles. The van der Waals surface area contributed by atoms with Crippen molar-refractivity contribution in [3.05, 3.63) is 23.6 Å². The average molecular weight is 308 g/mol. The molecule has 21 heavy (non-hydrogen) atoms. The van der Waals surface area contributed by atoms with Gasteiger partial charge in [-0.25, -0.2) is 4.98 Å². The van der Waals surface area contributed by atoms with Gasteiger partial charge in [-0.05, 0) is 6.42 Å². The van der Waals surface area contributed by atoms with Gasteiger partial charge in [0, 0.05) is 12.8 Å². The van der Waals surface area contributed by atoms with E-state index in [-0.39, 0.29) is 29.0 Å². The summed E-state index contributed by atoms with van der Waals surface area (Å²) < 4.78 is 6.95. The smallest absolute Gasteiger partial charge is 0.302 e. The Kier molecular flexibility index (Phi) is 3.50. The molecule has 7 nitrogen and oxygen atoms in total. The largest absolute Gasteiger partial charge is 0.465 e. The van der Waals surface area contributed by atoms with Crippen molar-refractivity contribution in [2.24, 2.45) is 5.92 Å². The third kappa shape index (κ3) is 2.69. The molecule has 2 heterocycles. The molecule has 0 bridgehead atoms. The number of ether oxygens (including phenoxy) is 1. The van der Waals surface area contributed by atoms with Gasteiger partial charge in [0.1, 0.15) is 5.52 Å². The quantitative estimate of drug-likeness (QED) is 0.527. The van der Waals surface area contributed by atoms with E-state index in [0.29, 0.717) is 17.8 Å². The minimum Gasteiger partial charge on any atom is -0.465 e. The highest BCUT2D eigenvalue weighted by Crippen LogP contribution is 2.32. The number of halogens is 1. The Hall–Kier alpha value is -2.15. The molecule has 3 rings (SSSR count). The van der Waals surface area contributed by atoms with Crippen molar-refractivity contribution in [3.63, 3.8) is 0 Å². The summed E-state index contributed by atoms with van der Waals surface area (Å²) >= 11 is 6.14. The van der Waals surface area contributed by atoms with Crippen molar-refractivity contribution in [2.45, 2.75) is 19.4 Å². The highest BCUT2D eigenvalue weighted by molar-refractivity contribution is 6.33. The van der Waals surface area contributed by atoms with Crippen LogP contribution in [0.1, 0.15) is 19.4 Å². The first-order chi connectivity index (χ1) is 10.0. The average Bonchev–Trinajstić information content (AvgIpc) is 3.01. The fourth-order valence-corrected chi connectivity index (χ4v) is 2.75. The Morgan fingerprint density at radius 2 is 2.33 bits per heavy atom. The normalized spacial score (nSPS) is 21.0. The summed E-state index contributed by atoms with van der Waals surface area (Å²) in [5.74, 6) is 0.0177. The molecular formula is C13H14ClN5O2. The second-order valence-electron chi connectivity index (χ2n) is 4.95. The van der Waals surface area contributed by atoms with Crippen LogP contribution in [0.15, 0.2) is 18.5 Å². The van der Waals surface area contributed by atoms with E-state index < -0.39 is 0 Å². The van der Waals surface area contributed by atoms with Crippen LogP contribution in [-0.2, 0) is 9.53 Å². The van der Waals surface area contributed by atoms with E-state index >= 15 is 0 Å². The van der Waals surface area contributed by atoms with Crippen molar-refractivity contribution in [1.29, 1.82) is 0 Å². The van der Waals surface area contributed by atoms with E-state index in [1.165, 1.54) is 6.92 Å². The second-order valence-corrected chi connectivity index (χ2v) is 5.31. The minimum absolute atomic E-state index is 0.0836. The summed E-state index contributed by atoms with van der Waals surface area (Å²) in [6, 6.07) is 0.0836. The van der Waals surface area contributed by atoms with Crippen LogP contribution in [-0.4, -0.2) is 32.1 Å². The van der Waals surface area contributed by atoms with E-state index in [4.69, 9.17) is 22.1 Å². The Labute approximate surface area is 125 Å². The van der Waals surface area contributed by atoms with E-state index in [1.807, 2.05) is 16.7 Å². The molecule has 0 spiro atoms. The van der Waals surface area contributed by atoms with Gasteiger partial charge in [0.05, 0.1) is 19.0 Å². The number of rotatable bonds is 3. The number of nitrogens with zero attached hydrogens (tertiary/aromatic N) is 4. The summed E-state index contributed by atoms with van der Waals surface area (Å²) in [5.41, 5.74) is 6.70. The maximum absolute atomic E-state index is 10.9. The Balaban J connectivity index is 1.83. The van der Waals surface area contributed by atoms with Crippen LogP contribution in [0.5, 0.6) is 0 Å². The zero-order chi connectivity index (χ0) is 15.0. The number of imidazole rings is 1. The number of carbonyl (C=O) groups is 1. The maximum Gasteiger partial charge on any atom is 0.302 e. The van der Waals surface area contributed by atoms with Crippen molar-refractivity contribution >= 4 is 34.7 Å². The van der Waals surface area contributed by atoms with E-state index in [0.717, 1.165) is 6.42 Å². The first-order valence-corrected chi connectivity index (χ1v) is 6.89. The number of nitrogens with two attached hydrogens (primary N) is 1. The molecule has 0 saturated carbocycles. The maximum atomic E-state index is 10.9. The topological polar surface area (TPSA) is 95.9 Å². The number of nitrogen functional groups attached to an aromatic ring is 1. The molecule has 0 fully saturated rings. The molecule has 1 aliphatic rings. The lowest BCUT2D eigenvalue weighted by Gasteiger charge is -2.14. The highest BCUT2D eigenvalue weighted by atomic mass is 35.5. The first-order valence-electron chi connectivity index (χ1n) is 6.52. The number of carbonyl (C=O) groups excluding carboxylic acids is 1. The van der Waals surface area contributed by atoms with Gasteiger partial charge in [-0.15, -0.1) is 0 Å². The van der Waals surface area contributed by atoms with Gasteiger partial charge in [-0.3, -0.25) is 4.79 Å². The summed E-state index contributed by atoms with van der Waals surface area (Å²) in [7, 11) is 0. The first kappa shape index (κ1) is 13.8. The molecule has 2 N–H and O–H groups in total. The lowest BCUT2D eigenvalue weighted by atomic mass is 10.1. The number of anilines is 1. The van der Waals surface area contributed by atoms with Crippen LogP contribution in [0, 0.1) is 5.92 Å². The van der Waals surface area contributed by atoms with Gasteiger partial charge >= 0.3 is 5.97 Å². The van der Waals surface area contributed by atoms with E-state index in [1.54, 1.807) is 6.33 Å². The van der Waals surface area contributed by atoms with Gasteiger partial charge in [-0.1, -0.05) is 23.8 Å². The summed E-state index contributed by atoms with van der Waals surface area (Å²) in [5, 5.41) is 0.284. The van der Waals surface area contributed by atoms with Crippen molar-refractivity contribution in [1.82, 2.24) is 19.5 Å². The second kappa shape index (κ2) is 5.33. The standard InChI is InChI=1S/C13H14ClN5O2/c1-7(20)21-5-8-2-3-9(4-8)19-6-16-12-10(19)11(14)17-13(15)18-12/h2-3,6,8-9H,4-5H2,1H3,(H2,15,17,18)/t8-,9+/m1/s1. The zero-order valence-corrected chi connectivity index (χ0v) is 12.1. The predicted octanol–water partition coefficient (Wildman–Crippen LogP) is 1.74. The molecule has 2 atom stereocenters. The van der Waals surface area contributed by atoms with Gasteiger partial charge < -0.3 is 15.0 Å². The molecular weight excluding hydrogens is 294 g/mol. The molecule has 0 aromatic carbocycles. The Morgan fingerprint density at radius 3 is 3.10 bits per heavy atom. The molecule has 0 unspecified atom stereocenters. The number of esters is 1. The fourth-order valence-electron chi connectivity index (χ4n) is 2.48. The monoisotopic (exact) mass is 307 g/mol. The van der Waals surface area contributed by atoms with E-state index in [9.17, 15) is 4.79 Å². The SMILES string of the molecule is CC(=O)OC[C@@H]1C=C[C@H](n2cnc3nc(N)nc(Cl)c32)C1. The molecule has 0 aliphatic heterocycles. The van der Waals surface area contributed by atoms with Crippen molar-refractivity contribution in [2.75, 3.05) is 12.3 Å². The molecule has 2 aromatic heterocycles. The number of hydrogen-bond donors (Lipinski definition) is 1. The summed E-state index contributed by atoms with van der Waals surface area (Å²) in [4.78, 5) is 23.1. The Morgan fingerprint density at radius 1 is 1.52 bits per heavy atom. The predicted molar refractivity (Wildman–Crippen MR) is 77.7 cm³/mol. The molecule has 1 aliphatic carbocycles.